The van der Waals surface area contributed by atoms with Crippen molar-refractivity contribution in [1.82, 2.24) is 5.32 Å². The lowest BCUT2D eigenvalue weighted by molar-refractivity contribution is -0.124. The Morgan fingerprint density at radius 2 is 2.44 bits per heavy atom. The average molecular weight is 266 g/mol. The van der Waals surface area contributed by atoms with E-state index < -0.39 is 0 Å². The van der Waals surface area contributed by atoms with E-state index in [0.29, 0.717) is 0 Å². The summed E-state index contributed by atoms with van der Waals surface area (Å²) in [6.07, 6.45) is 4.26. The summed E-state index contributed by atoms with van der Waals surface area (Å²) in [4.78, 5) is 13.5. The van der Waals surface area contributed by atoms with Crippen LogP contribution in [0.15, 0.2) is 11.4 Å². The third-order valence-corrected chi connectivity index (χ3v) is 4.92. The minimum Gasteiger partial charge on any atom is -0.348 e. The average Bonchev–Trinajstić information content (AvgIpc) is 2.86. The highest BCUT2D eigenvalue weighted by atomic mass is 32.1. The van der Waals surface area contributed by atoms with Gasteiger partial charge in [-0.05, 0) is 42.2 Å². The Bertz CT molecular complexity index is 416. The third kappa shape index (κ3) is 2.75. The van der Waals surface area contributed by atoms with E-state index in [1.54, 1.807) is 11.3 Å². The van der Waals surface area contributed by atoms with Crippen molar-refractivity contribution in [2.45, 2.75) is 51.6 Å². The quantitative estimate of drug-likeness (QED) is 0.880. The molecule has 0 aromatic carbocycles. The minimum atomic E-state index is -0.390. The first kappa shape index (κ1) is 13.6. The Kier molecular flexibility index (Phi) is 4.40. The molecule has 1 amide bonds. The van der Waals surface area contributed by atoms with Crippen LogP contribution >= 0.6 is 11.3 Å². The van der Waals surface area contributed by atoms with Crippen molar-refractivity contribution in [1.29, 1.82) is 0 Å². The normalized spacial score (nSPS) is 22.1. The SMILES string of the molecule is CC[C@H](C)[C@H](N)C(=O)NC1CCCc2sccc21. The topological polar surface area (TPSA) is 55.1 Å². The lowest BCUT2D eigenvalue weighted by Gasteiger charge is -2.26. The molecule has 0 saturated heterocycles. The van der Waals surface area contributed by atoms with E-state index in [1.165, 1.54) is 10.4 Å². The summed E-state index contributed by atoms with van der Waals surface area (Å²) in [7, 11) is 0. The molecule has 4 heteroatoms. The van der Waals surface area contributed by atoms with Crippen molar-refractivity contribution in [3.8, 4) is 0 Å². The van der Waals surface area contributed by atoms with E-state index in [0.717, 1.165) is 25.7 Å². The molecule has 3 atom stereocenters. The number of fused-ring (bicyclic) bond motifs is 1. The number of aryl methyl sites for hydroxylation is 1. The molecule has 0 spiro atoms. The molecule has 2 rings (SSSR count). The zero-order chi connectivity index (χ0) is 13.1. The molecule has 0 saturated carbocycles. The lowest BCUT2D eigenvalue weighted by Crippen LogP contribution is -2.46. The molecule has 0 aliphatic heterocycles. The van der Waals surface area contributed by atoms with Gasteiger partial charge in [-0.2, -0.15) is 0 Å². The van der Waals surface area contributed by atoms with Gasteiger partial charge in [0, 0.05) is 4.88 Å². The second kappa shape index (κ2) is 5.85. The highest BCUT2D eigenvalue weighted by Crippen LogP contribution is 2.33. The number of thiophene rings is 1. The van der Waals surface area contributed by atoms with Gasteiger partial charge < -0.3 is 11.1 Å². The first-order valence-corrected chi connectivity index (χ1v) is 7.63. The second-order valence-corrected chi connectivity index (χ2v) is 6.16. The molecule has 1 aromatic heterocycles. The third-order valence-electron chi connectivity index (χ3n) is 3.93. The monoisotopic (exact) mass is 266 g/mol. The van der Waals surface area contributed by atoms with E-state index in [4.69, 9.17) is 5.73 Å². The summed E-state index contributed by atoms with van der Waals surface area (Å²) in [6, 6.07) is 1.92. The van der Waals surface area contributed by atoms with Gasteiger partial charge in [0.1, 0.15) is 0 Å². The van der Waals surface area contributed by atoms with Crippen molar-refractivity contribution in [3.63, 3.8) is 0 Å². The van der Waals surface area contributed by atoms with Crippen LogP contribution in [0.3, 0.4) is 0 Å². The molecule has 1 heterocycles. The molecule has 0 fully saturated rings. The summed E-state index contributed by atoms with van der Waals surface area (Å²) in [5.74, 6) is 0.226. The van der Waals surface area contributed by atoms with Crippen molar-refractivity contribution in [2.24, 2.45) is 11.7 Å². The Labute approximate surface area is 113 Å². The number of hydrogen-bond acceptors (Lipinski definition) is 3. The Morgan fingerprint density at radius 3 is 3.17 bits per heavy atom. The first-order chi connectivity index (χ1) is 8.63. The van der Waals surface area contributed by atoms with E-state index in [2.05, 4.69) is 23.7 Å². The Morgan fingerprint density at radius 1 is 1.67 bits per heavy atom. The van der Waals surface area contributed by atoms with Crippen LogP contribution in [0.1, 0.15) is 49.6 Å². The zero-order valence-corrected chi connectivity index (χ0v) is 11.9. The van der Waals surface area contributed by atoms with Crippen LogP contribution in [-0.4, -0.2) is 11.9 Å². The highest BCUT2D eigenvalue weighted by molar-refractivity contribution is 7.10. The van der Waals surface area contributed by atoms with E-state index in [-0.39, 0.29) is 23.9 Å². The first-order valence-electron chi connectivity index (χ1n) is 6.75. The fraction of sp³-hybridized carbons (Fsp3) is 0.643. The number of carbonyl (C=O) groups is 1. The van der Waals surface area contributed by atoms with Gasteiger partial charge in [0.2, 0.25) is 5.91 Å². The number of carbonyl (C=O) groups excluding carboxylic acids is 1. The van der Waals surface area contributed by atoms with E-state index in [9.17, 15) is 4.79 Å². The Balaban J connectivity index is 2.01. The molecular formula is C14H22N2OS. The van der Waals surface area contributed by atoms with Crippen LogP contribution < -0.4 is 11.1 Å². The molecule has 0 radical (unpaired) electrons. The van der Waals surface area contributed by atoms with Crippen LogP contribution in [0.5, 0.6) is 0 Å². The summed E-state index contributed by atoms with van der Waals surface area (Å²) in [5, 5.41) is 5.23. The lowest BCUT2D eigenvalue weighted by atomic mass is 9.93. The number of hydrogen-bond donors (Lipinski definition) is 2. The molecular weight excluding hydrogens is 244 g/mol. The number of amides is 1. The van der Waals surface area contributed by atoms with Gasteiger partial charge in [0.15, 0.2) is 0 Å². The summed E-state index contributed by atoms with van der Waals surface area (Å²) >= 11 is 1.79. The maximum atomic E-state index is 12.1. The highest BCUT2D eigenvalue weighted by Gasteiger charge is 2.26. The molecule has 0 bridgehead atoms. The van der Waals surface area contributed by atoms with Gasteiger partial charge in [-0.25, -0.2) is 0 Å². The molecule has 1 aromatic rings. The maximum absolute atomic E-state index is 12.1. The minimum absolute atomic E-state index is 0.00611. The van der Waals surface area contributed by atoms with Crippen LogP contribution in [0.2, 0.25) is 0 Å². The zero-order valence-electron chi connectivity index (χ0n) is 11.1. The van der Waals surface area contributed by atoms with Gasteiger partial charge >= 0.3 is 0 Å². The molecule has 100 valence electrons. The fourth-order valence-corrected chi connectivity index (χ4v) is 3.40. The molecule has 3 N–H and O–H groups in total. The van der Waals surface area contributed by atoms with Gasteiger partial charge in [0.25, 0.3) is 0 Å². The van der Waals surface area contributed by atoms with Crippen LogP contribution in [0.25, 0.3) is 0 Å². The largest absolute Gasteiger partial charge is 0.348 e. The van der Waals surface area contributed by atoms with E-state index in [1.807, 2.05) is 6.92 Å². The second-order valence-electron chi connectivity index (χ2n) is 5.16. The molecule has 1 aliphatic rings. The summed E-state index contributed by atoms with van der Waals surface area (Å²) in [5.41, 5.74) is 7.28. The summed E-state index contributed by atoms with van der Waals surface area (Å²) < 4.78 is 0. The van der Waals surface area contributed by atoms with Crippen molar-refractivity contribution < 1.29 is 4.79 Å². The molecule has 1 aliphatic carbocycles. The van der Waals surface area contributed by atoms with Gasteiger partial charge in [-0.3, -0.25) is 4.79 Å². The van der Waals surface area contributed by atoms with Crippen LogP contribution in [0, 0.1) is 5.92 Å². The van der Waals surface area contributed by atoms with Crippen molar-refractivity contribution >= 4 is 17.2 Å². The van der Waals surface area contributed by atoms with Gasteiger partial charge in [-0.1, -0.05) is 20.3 Å². The maximum Gasteiger partial charge on any atom is 0.237 e. The van der Waals surface area contributed by atoms with Gasteiger partial charge in [0.05, 0.1) is 12.1 Å². The number of rotatable bonds is 4. The van der Waals surface area contributed by atoms with Crippen molar-refractivity contribution in [3.05, 3.63) is 21.9 Å². The molecule has 3 nitrogen and oxygen atoms in total. The number of nitrogens with one attached hydrogen (secondary N) is 1. The Hall–Kier alpha value is -0.870. The standard InChI is InChI=1S/C14H22N2OS/c1-3-9(2)13(15)14(17)16-11-5-4-6-12-10(11)7-8-18-12/h7-9,11,13H,3-6,15H2,1-2H3,(H,16,17)/t9-,11?,13-/m0/s1. The predicted octanol–water partition coefficient (Wildman–Crippen LogP) is 2.62. The summed E-state index contributed by atoms with van der Waals surface area (Å²) in [6.45, 7) is 4.09. The molecule has 1 unspecified atom stereocenters. The van der Waals surface area contributed by atoms with Crippen LogP contribution in [-0.2, 0) is 11.2 Å². The van der Waals surface area contributed by atoms with E-state index >= 15 is 0 Å². The number of nitrogens with two attached hydrogens (primary N) is 1. The smallest absolute Gasteiger partial charge is 0.237 e. The van der Waals surface area contributed by atoms with Gasteiger partial charge in [-0.15, -0.1) is 11.3 Å². The molecule has 18 heavy (non-hydrogen) atoms. The fourth-order valence-electron chi connectivity index (χ4n) is 2.42. The predicted molar refractivity (Wildman–Crippen MR) is 75.6 cm³/mol. The van der Waals surface area contributed by atoms with Crippen LogP contribution in [0.4, 0.5) is 0 Å². The van der Waals surface area contributed by atoms with Crippen molar-refractivity contribution in [2.75, 3.05) is 0 Å².